The normalized spacial score (nSPS) is 12.8. The van der Waals surface area contributed by atoms with Crippen molar-refractivity contribution < 1.29 is 19.2 Å². The highest BCUT2D eigenvalue weighted by Gasteiger charge is 2.27. The first-order valence-corrected chi connectivity index (χ1v) is 7.59. The molecule has 0 spiro atoms. The third-order valence-electron chi connectivity index (χ3n) is 2.56. The summed E-state index contributed by atoms with van der Waals surface area (Å²) in [6.45, 7) is 5.04. The Balaban J connectivity index is 6.04. The van der Waals surface area contributed by atoms with Crippen LogP contribution in [0.2, 0.25) is 0 Å². The fraction of sp³-hybridized carbons (Fsp3) is 0.333. The van der Waals surface area contributed by atoms with E-state index in [2.05, 4.69) is 31.3 Å². The Kier molecular flexibility index (Phi) is 9.87. The van der Waals surface area contributed by atoms with Gasteiger partial charge in [0, 0.05) is 40.1 Å². The van der Waals surface area contributed by atoms with Crippen LogP contribution in [0.4, 0.5) is 0 Å². The second-order valence-electron chi connectivity index (χ2n) is 5.23. The van der Waals surface area contributed by atoms with Gasteiger partial charge in [-0.1, -0.05) is 0 Å². The zero-order valence-corrected chi connectivity index (χ0v) is 15.5. The predicted molar refractivity (Wildman–Crippen MR) is 99.5 cm³/mol. The van der Waals surface area contributed by atoms with Gasteiger partial charge in [-0.2, -0.15) is 0 Å². The van der Waals surface area contributed by atoms with Gasteiger partial charge in [0.05, 0.1) is 23.9 Å². The number of hydrogen-bond acceptors (Lipinski definition) is 8. The molecule has 0 heterocycles. The van der Waals surface area contributed by atoms with E-state index < -0.39 is 23.5 Å². The van der Waals surface area contributed by atoms with Crippen molar-refractivity contribution >= 4 is 36.3 Å². The third-order valence-corrected chi connectivity index (χ3v) is 2.56. The number of carbonyl (C=O) groups excluding carboxylic acids is 4. The predicted octanol–water partition coefficient (Wildman–Crippen LogP) is -2.12. The standard InChI is InChI=1S/C15H24N8O4/c1-9(24)18-5-13(15(16,17)23-8-21-12(4)27)14(6-19-10(2)25)22-7-20-11(3)26/h5-8H,16-17H2,1-4H3,(H,18,24)(H,19,25)(H,20,22,26)(H,21,23,27). The largest absolute Gasteiger partial charge is 0.332 e. The van der Waals surface area contributed by atoms with Crippen LogP contribution in [0.3, 0.4) is 0 Å². The van der Waals surface area contributed by atoms with Crippen molar-refractivity contribution in [1.82, 2.24) is 21.3 Å². The number of nitrogens with one attached hydrogen (secondary N) is 4. The molecule has 0 aliphatic heterocycles. The van der Waals surface area contributed by atoms with E-state index in [-0.39, 0.29) is 17.2 Å². The highest BCUT2D eigenvalue weighted by atomic mass is 16.2. The van der Waals surface area contributed by atoms with Crippen molar-refractivity contribution in [3.8, 4) is 0 Å². The lowest BCUT2D eigenvalue weighted by atomic mass is 10.1. The molecule has 4 amide bonds. The Morgan fingerprint density at radius 1 is 0.741 bits per heavy atom. The van der Waals surface area contributed by atoms with Crippen LogP contribution in [-0.2, 0) is 19.2 Å². The van der Waals surface area contributed by atoms with E-state index in [1.165, 1.54) is 27.7 Å². The summed E-state index contributed by atoms with van der Waals surface area (Å²) in [6.07, 6.45) is 4.34. The van der Waals surface area contributed by atoms with Crippen molar-refractivity contribution in [2.75, 3.05) is 0 Å². The number of rotatable bonds is 8. The zero-order valence-electron chi connectivity index (χ0n) is 15.5. The van der Waals surface area contributed by atoms with Gasteiger partial charge in [-0.3, -0.25) is 30.6 Å². The first-order valence-electron chi connectivity index (χ1n) is 7.59. The zero-order chi connectivity index (χ0) is 21.0. The van der Waals surface area contributed by atoms with Gasteiger partial charge in [-0.25, -0.2) is 9.98 Å². The van der Waals surface area contributed by atoms with Gasteiger partial charge in [0.15, 0.2) is 5.79 Å². The molecule has 0 bridgehead atoms. The number of amides is 4. The summed E-state index contributed by atoms with van der Waals surface area (Å²) in [7, 11) is 0. The molecular weight excluding hydrogens is 356 g/mol. The Bertz CT molecular complexity index is 707. The topological polar surface area (TPSA) is 193 Å². The summed E-state index contributed by atoms with van der Waals surface area (Å²) in [4.78, 5) is 52.2. The lowest BCUT2D eigenvalue weighted by molar-refractivity contribution is -0.118. The average Bonchev–Trinajstić information content (AvgIpc) is 2.50. The maximum absolute atomic E-state index is 11.3. The van der Waals surface area contributed by atoms with Crippen LogP contribution in [0.25, 0.3) is 0 Å². The smallest absolute Gasteiger partial charge is 0.221 e. The highest BCUT2D eigenvalue weighted by Crippen LogP contribution is 2.19. The minimum Gasteiger partial charge on any atom is -0.332 e. The fourth-order valence-electron chi connectivity index (χ4n) is 1.42. The number of nitrogens with zero attached hydrogens (tertiary/aromatic N) is 2. The number of carbonyl (C=O) groups is 4. The van der Waals surface area contributed by atoms with Crippen LogP contribution in [0.1, 0.15) is 27.7 Å². The molecule has 0 aliphatic rings. The van der Waals surface area contributed by atoms with E-state index in [0.717, 1.165) is 25.1 Å². The second-order valence-corrected chi connectivity index (χ2v) is 5.23. The molecule has 0 aromatic rings. The molecule has 0 rings (SSSR count). The van der Waals surface area contributed by atoms with E-state index in [4.69, 9.17) is 11.5 Å². The maximum atomic E-state index is 11.3. The summed E-state index contributed by atoms with van der Waals surface area (Å²) in [5, 5.41) is 9.36. The van der Waals surface area contributed by atoms with E-state index in [1.54, 1.807) is 0 Å². The molecule has 0 radical (unpaired) electrons. The number of nitrogens with two attached hydrogens (primary N) is 2. The van der Waals surface area contributed by atoms with E-state index in [9.17, 15) is 19.2 Å². The van der Waals surface area contributed by atoms with Crippen LogP contribution in [0.15, 0.2) is 33.7 Å². The van der Waals surface area contributed by atoms with Crippen molar-refractivity contribution in [2.45, 2.75) is 33.5 Å². The molecule has 12 nitrogen and oxygen atoms in total. The van der Waals surface area contributed by atoms with Gasteiger partial charge in [0.25, 0.3) is 0 Å². The van der Waals surface area contributed by atoms with Gasteiger partial charge in [-0.05, 0) is 0 Å². The second kappa shape index (κ2) is 11.3. The quantitative estimate of drug-likeness (QED) is 0.121. The van der Waals surface area contributed by atoms with Gasteiger partial charge in [0.2, 0.25) is 23.6 Å². The minimum absolute atomic E-state index is 0.0160. The van der Waals surface area contributed by atoms with Gasteiger partial charge in [0.1, 0.15) is 0 Å². The Labute approximate surface area is 156 Å². The molecule has 0 aromatic heterocycles. The van der Waals surface area contributed by atoms with Crippen LogP contribution in [-0.4, -0.2) is 42.1 Å². The fourth-order valence-corrected chi connectivity index (χ4v) is 1.42. The molecule has 0 aliphatic carbocycles. The van der Waals surface area contributed by atoms with Gasteiger partial charge in [-0.15, -0.1) is 0 Å². The lowest BCUT2D eigenvalue weighted by Crippen LogP contribution is -2.51. The van der Waals surface area contributed by atoms with E-state index in [0.29, 0.717) is 0 Å². The third kappa shape index (κ3) is 11.0. The maximum Gasteiger partial charge on any atom is 0.221 e. The highest BCUT2D eigenvalue weighted by molar-refractivity contribution is 5.86. The first kappa shape index (κ1) is 23.6. The molecule has 0 saturated carbocycles. The number of hydrogen-bond donors (Lipinski definition) is 6. The Morgan fingerprint density at radius 2 is 1.19 bits per heavy atom. The first-order chi connectivity index (χ1) is 12.5. The molecule has 27 heavy (non-hydrogen) atoms. The molecule has 8 N–H and O–H groups in total. The van der Waals surface area contributed by atoms with E-state index >= 15 is 0 Å². The van der Waals surface area contributed by atoms with Crippen LogP contribution in [0, 0.1) is 0 Å². The molecule has 0 fully saturated rings. The minimum atomic E-state index is -1.96. The Morgan fingerprint density at radius 3 is 1.67 bits per heavy atom. The number of aliphatic imine (C=N–C) groups is 2. The van der Waals surface area contributed by atoms with Crippen LogP contribution < -0.4 is 32.7 Å². The SMILES string of the molecule is CC(=O)NC=NC(=CNC(C)=O)C(=CNC(C)=O)C(N)(N)N=CNC(C)=O. The summed E-state index contributed by atoms with van der Waals surface area (Å²) < 4.78 is 0. The molecule has 0 aromatic carbocycles. The van der Waals surface area contributed by atoms with Crippen molar-refractivity contribution in [3.63, 3.8) is 0 Å². The van der Waals surface area contributed by atoms with Crippen LogP contribution >= 0.6 is 0 Å². The van der Waals surface area contributed by atoms with Crippen LogP contribution in [0.5, 0.6) is 0 Å². The van der Waals surface area contributed by atoms with E-state index in [1.807, 2.05) is 0 Å². The monoisotopic (exact) mass is 380 g/mol. The van der Waals surface area contributed by atoms with Crippen molar-refractivity contribution in [2.24, 2.45) is 21.5 Å². The molecule has 148 valence electrons. The molecule has 0 saturated heterocycles. The Hall–Kier alpha value is -3.38. The summed E-state index contributed by atoms with van der Waals surface area (Å²) in [5.74, 6) is -3.59. The molecule has 0 unspecified atom stereocenters. The van der Waals surface area contributed by atoms with Gasteiger partial charge >= 0.3 is 0 Å². The average molecular weight is 380 g/mol. The summed E-state index contributed by atoms with van der Waals surface area (Å²) in [5.41, 5.74) is 11.9. The van der Waals surface area contributed by atoms with Gasteiger partial charge < -0.3 is 21.3 Å². The molecule has 12 heteroatoms. The summed E-state index contributed by atoms with van der Waals surface area (Å²) >= 11 is 0. The summed E-state index contributed by atoms with van der Waals surface area (Å²) in [6, 6.07) is 0. The lowest BCUT2D eigenvalue weighted by Gasteiger charge is -2.23. The molecule has 0 atom stereocenters. The molecular formula is C15H24N8O4. The van der Waals surface area contributed by atoms with Crippen molar-refractivity contribution in [3.05, 3.63) is 23.7 Å². The van der Waals surface area contributed by atoms with Crippen molar-refractivity contribution in [1.29, 1.82) is 0 Å².